The summed E-state index contributed by atoms with van der Waals surface area (Å²) in [4.78, 5) is 23.1. The van der Waals surface area contributed by atoms with Crippen LogP contribution in [0.2, 0.25) is 0 Å². The van der Waals surface area contributed by atoms with Crippen LogP contribution >= 0.6 is 0 Å². The lowest BCUT2D eigenvalue weighted by Gasteiger charge is -2.21. The Morgan fingerprint density at radius 1 is 1.50 bits per heavy atom. The van der Waals surface area contributed by atoms with E-state index >= 15 is 0 Å². The van der Waals surface area contributed by atoms with E-state index in [0.29, 0.717) is 6.54 Å². The van der Waals surface area contributed by atoms with Crippen molar-refractivity contribution in [3.8, 4) is 0 Å². The average molecular weight is 204 g/mol. The number of nitrogens with zero attached hydrogens (tertiary/aromatic N) is 1. The van der Waals surface area contributed by atoms with Crippen LogP contribution in [0.3, 0.4) is 0 Å². The van der Waals surface area contributed by atoms with Gasteiger partial charge in [0.25, 0.3) is 0 Å². The number of aliphatic hydroxyl groups excluding tert-OH is 1. The van der Waals surface area contributed by atoms with E-state index < -0.39 is 18.0 Å². The summed E-state index contributed by atoms with van der Waals surface area (Å²) in [5.41, 5.74) is 0. The Labute approximate surface area is 82.5 Å². The molecule has 0 heterocycles. The molecule has 14 heavy (non-hydrogen) atoms. The standard InChI is InChI=1S/C8H16N2O4/c1-3-10(4-5-11)8(14)9-6(2)7(12)13/h6,11H,3-5H2,1-2H3,(H,9,14)(H,12,13)/t6-/m0/s1. The first-order chi connectivity index (χ1) is 6.52. The zero-order chi connectivity index (χ0) is 11.1. The van der Waals surface area contributed by atoms with E-state index in [-0.39, 0.29) is 13.2 Å². The number of aliphatic carboxylic acids is 1. The largest absolute Gasteiger partial charge is 0.480 e. The van der Waals surface area contributed by atoms with E-state index in [1.165, 1.54) is 11.8 Å². The highest BCUT2D eigenvalue weighted by Crippen LogP contribution is 1.90. The Balaban J connectivity index is 4.09. The number of carboxylic acids is 1. The first-order valence-corrected chi connectivity index (χ1v) is 4.42. The molecule has 0 aliphatic carbocycles. The number of aliphatic hydroxyl groups is 1. The zero-order valence-corrected chi connectivity index (χ0v) is 8.36. The molecule has 0 saturated heterocycles. The molecule has 2 amide bonds. The Morgan fingerprint density at radius 3 is 2.43 bits per heavy atom. The van der Waals surface area contributed by atoms with Crippen LogP contribution in [0.1, 0.15) is 13.8 Å². The van der Waals surface area contributed by atoms with Gasteiger partial charge in [0.05, 0.1) is 6.61 Å². The van der Waals surface area contributed by atoms with Gasteiger partial charge in [0.1, 0.15) is 6.04 Å². The van der Waals surface area contributed by atoms with Gasteiger partial charge >= 0.3 is 12.0 Å². The maximum Gasteiger partial charge on any atom is 0.325 e. The number of carboxylic acid groups (broad SMARTS) is 1. The third-order valence-electron chi connectivity index (χ3n) is 1.75. The highest BCUT2D eigenvalue weighted by molar-refractivity contribution is 5.82. The van der Waals surface area contributed by atoms with E-state index in [1.807, 2.05) is 0 Å². The van der Waals surface area contributed by atoms with Gasteiger partial charge in [-0.25, -0.2) is 4.79 Å². The van der Waals surface area contributed by atoms with Gasteiger partial charge in [-0.05, 0) is 13.8 Å². The fourth-order valence-electron chi connectivity index (χ4n) is 0.862. The molecule has 0 aromatic rings. The van der Waals surface area contributed by atoms with Gasteiger partial charge in [-0.15, -0.1) is 0 Å². The minimum atomic E-state index is -1.08. The van der Waals surface area contributed by atoms with E-state index in [0.717, 1.165) is 0 Å². The second-order valence-electron chi connectivity index (χ2n) is 2.81. The van der Waals surface area contributed by atoms with Crippen LogP contribution in [0.15, 0.2) is 0 Å². The molecule has 0 unspecified atom stereocenters. The predicted molar refractivity (Wildman–Crippen MR) is 50.0 cm³/mol. The Bertz CT molecular complexity index is 208. The van der Waals surface area contributed by atoms with Crippen LogP contribution in [0.4, 0.5) is 4.79 Å². The van der Waals surface area contributed by atoms with Crippen LogP contribution in [0, 0.1) is 0 Å². The fraction of sp³-hybridized carbons (Fsp3) is 0.750. The lowest BCUT2D eigenvalue weighted by molar-refractivity contribution is -0.138. The molecule has 82 valence electrons. The third-order valence-corrected chi connectivity index (χ3v) is 1.75. The minimum absolute atomic E-state index is 0.136. The summed E-state index contributed by atoms with van der Waals surface area (Å²) in [6.45, 7) is 3.63. The lowest BCUT2D eigenvalue weighted by atomic mass is 10.3. The molecule has 0 aromatic carbocycles. The molecule has 0 bridgehead atoms. The molecule has 3 N–H and O–H groups in total. The number of amides is 2. The highest BCUT2D eigenvalue weighted by atomic mass is 16.4. The quantitative estimate of drug-likeness (QED) is 0.562. The number of rotatable bonds is 5. The Hall–Kier alpha value is -1.30. The molecule has 0 fully saturated rings. The number of carbonyl (C=O) groups is 2. The number of hydrogen-bond acceptors (Lipinski definition) is 3. The normalized spacial score (nSPS) is 11.9. The van der Waals surface area contributed by atoms with Crippen molar-refractivity contribution in [1.82, 2.24) is 10.2 Å². The molecular formula is C8H16N2O4. The van der Waals surface area contributed by atoms with Gasteiger partial charge in [-0.1, -0.05) is 0 Å². The summed E-state index contributed by atoms with van der Waals surface area (Å²) >= 11 is 0. The van der Waals surface area contributed by atoms with Crippen LogP contribution in [-0.4, -0.2) is 52.9 Å². The first-order valence-electron chi connectivity index (χ1n) is 4.42. The van der Waals surface area contributed by atoms with Gasteiger partial charge in [0.15, 0.2) is 0 Å². The summed E-state index contributed by atoms with van der Waals surface area (Å²) in [5, 5.41) is 19.4. The number of likely N-dealkylation sites (N-methyl/N-ethyl adjacent to an activating group) is 1. The van der Waals surface area contributed by atoms with Gasteiger partial charge in [0, 0.05) is 13.1 Å². The van der Waals surface area contributed by atoms with Gasteiger partial charge in [-0.2, -0.15) is 0 Å². The summed E-state index contributed by atoms with van der Waals surface area (Å²) in [6.07, 6.45) is 0. The zero-order valence-electron chi connectivity index (χ0n) is 8.36. The van der Waals surface area contributed by atoms with Gasteiger partial charge in [0.2, 0.25) is 0 Å². The van der Waals surface area contributed by atoms with Crippen molar-refractivity contribution in [2.24, 2.45) is 0 Å². The highest BCUT2D eigenvalue weighted by Gasteiger charge is 2.17. The Kier molecular flexibility index (Phi) is 5.62. The van der Waals surface area contributed by atoms with Crippen molar-refractivity contribution in [3.05, 3.63) is 0 Å². The maximum absolute atomic E-state index is 11.3. The van der Waals surface area contributed by atoms with Gasteiger partial charge in [-0.3, -0.25) is 4.79 Å². The van der Waals surface area contributed by atoms with Crippen molar-refractivity contribution in [2.45, 2.75) is 19.9 Å². The van der Waals surface area contributed by atoms with Crippen molar-refractivity contribution < 1.29 is 19.8 Å². The van der Waals surface area contributed by atoms with Crippen molar-refractivity contribution >= 4 is 12.0 Å². The van der Waals surface area contributed by atoms with Gasteiger partial charge < -0.3 is 20.4 Å². The van der Waals surface area contributed by atoms with E-state index in [4.69, 9.17) is 10.2 Å². The number of nitrogens with one attached hydrogen (secondary N) is 1. The minimum Gasteiger partial charge on any atom is -0.480 e. The second kappa shape index (κ2) is 6.20. The summed E-state index contributed by atoms with van der Waals surface area (Å²) in [5.74, 6) is -1.08. The maximum atomic E-state index is 11.3. The van der Waals surface area contributed by atoms with E-state index in [1.54, 1.807) is 6.92 Å². The van der Waals surface area contributed by atoms with E-state index in [9.17, 15) is 9.59 Å². The molecule has 0 rings (SSSR count). The topological polar surface area (TPSA) is 89.9 Å². The Morgan fingerprint density at radius 2 is 2.07 bits per heavy atom. The van der Waals surface area contributed by atoms with Crippen molar-refractivity contribution in [1.29, 1.82) is 0 Å². The summed E-state index contributed by atoms with van der Waals surface area (Å²) in [6, 6.07) is -1.40. The molecule has 0 aromatic heterocycles. The lowest BCUT2D eigenvalue weighted by Crippen LogP contribution is -2.47. The number of urea groups is 1. The molecular weight excluding hydrogens is 188 g/mol. The van der Waals surface area contributed by atoms with Crippen LogP contribution in [0.25, 0.3) is 0 Å². The van der Waals surface area contributed by atoms with E-state index in [2.05, 4.69) is 5.32 Å². The molecule has 6 nitrogen and oxygen atoms in total. The summed E-state index contributed by atoms with van der Waals surface area (Å²) < 4.78 is 0. The molecule has 0 saturated carbocycles. The molecule has 0 radical (unpaired) electrons. The van der Waals surface area contributed by atoms with Crippen molar-refractivity contribution in [2.75, 3.05) is 19.7 Å². The fourth-order valence-corrected chi connectivity index (χ4v) is 0.862. The average Bonchev–Trinajstić information content (AvgIpc) is 2.13. The molecule has 0 aliphatic rings. The second-order valence-corrected chi connectivity index (χ2v) is 2.81. The van der Waals surface area contributed by atoms with Crippen LogP contribution in [-0.2, 0) is 4.79 Å². The molecule has 0 aliphatic heterocycles. The SMILES string of the molecule is CCN(CCO)C(=O)N[C@@H](C)C(=O)O. The predicted octanol–water partition coefficient (Wildman–Crippen LogP) is -0.517. The number of carbonyl (C=O) groups excluding carboxylic acids is 1. The van der Waals surface area contributed by atoms with Crippen molar-refractivity contribution in [3.63, 3.8) is 0 Å². The number of hydrogen-bond donors (Lipinski definition) is 3. The molecule has 0 spiro atoms. The monoisotopic (exact) mass is 204 g/mol. The van der Waals surface area contributed by atoms with Crippen LogP contribution in [0.5, 0.6) is 0 Å². The third kappa shape index (κ3) is 4.08. The molecule has 1 atom stereocenters. The molecule has 6 heteroatoms. The first kappa shape index (κ1) is 12.7. The van der Waals surface area contributed by atoms with Crippen LogP contribution < -0.4 is 5.32 Å². The summed E-state index contributed by atoms with van der Waals surface area (Å²) in [7, 11) is 0. The smallest absolute Gasteiger partial charge is 0.325 e.